The number of hydrogen-bond donors (Lipinski definition) is 1. The van der Waals surface area contributed by atoms with Gasteiger partial charge in [0.25, 0.3) is 5.69 Å². The zero-order valence-corrected chi connectivity index (χ0v) is 10.1. The van der Waals surface area contributed by atoms with Gasteiger partial charge in [-0.3, -0.25) is 15.5 Å². The van der Waals surface area contributed by atoms with Crippen LogP contribution in [-0.2, 0) is 4.74 Å². The van der Waals surface area contributed by atoms with Gasteiger partial charge in [0.1, 0.15) is 6.04 Å². The molecular formula is C12H15N3O3. The van der Waals surface area contributed by atoms with Crippen LogP contribution in [0.15, 0.2) is 24.3 Å². The summed E-state index contributed by atoms with van der Waals surface area (Å²) in [5, 5.41) is 18.5. The molecule has 1 unspecified atom stereocenters. The number of nitrogens with one attached hydrogen (secondary N) is 1. The van der Waals surface area contributed by atoms with Crippen LogP contribution in [0.2, 0.25) is 0 Å². The molecule has 96 valence electrons. The summed E-state index contributed by atoms with van der Waals surface area (Å²) < 4.78 is 4.97. The van der Waals surface area contributed by atoms with E-state index in [4.69, 9.17) is 10.1 Å². The van der Waals surface area contributed by atoms with Gasteiger partial charge in [0.05, 0.1) is 12.0 Å². The molecule has 1 heterocycles. The highest BCUT2D eigenvalue weighted by Gasteiger charge is 2.29. The van der Waals surface area contributed by atoms with Crippen LogP contribution >= 0.6 is 0 Å². The van der Waals surface area contributed by atoms with Crippen LogP contribution in [0.3, 0.4) is 0 Å². The third-order valence-corrected chi connectivity index (χ3v) is 3.15. The van der Waals surface area contributed by atoms with Gasteiger partial charge in [-0.05, 0) is 18.9 Å². The number of rotatable bonds is 3. The highest BCUT2D eigenvalue weighted by atomic mass is 16.6. The third kappa shape index (κ3) is 2.27. The molecule has 2 rings (SSSR count). The molecule has 1 saturated heterocycles. The first-order chi connectivity index (χ1) is 8.63. The zero-order chi connectivity index (χ0) is 13.1. The van der Waals surface area contributed by atoms with Crippen LogP contribution in [0.5, 0.6) is 0 Å². The molecule has 0 saturated carbocycles. The normalized spacial score (nSPS) is 18.7. The number of benzene rings is 1. The fraction of sp³-hybridized carbons (Fsp3) is 0.417. The van der Waals surface area contributed by atoms with Crippen molar-refractivity contribution in [1.29, 1.82) is 5.41 Å². The molecule has 18 heavy (non-hydrogen) atoms. The number of non-ortho nitro benzene ring substituents is 1. The van der Waals surface area contributed by atoms with Gasteiger partial charge in [-0.2, -0.15) is 0 Å². The SMILES string of the molecule is COC(=N)C1CCCN1c1cccc([N+](=O)[O-])c1. The fourth-order valence-electron chi connectivity index (χ4n) is 2.27. The predicted molar refractivity (Wildman–Crippen MR) is 68.2 cm³/mol. The molecule has 1 atom stereocenters. The molecular weight excluding hydrogens is 234 g/mol. The van der Waals surface area contributed by atoms with E-state index in [1.54, 1.807) is 12.1 Å². The first kappa shape index (κ1) is 12.3. The smallest absolute Gasteiger partial charge is 0.271 e. The molecule has 1 fully saturated rings. The van der Waals surface area contributed by atoms with Gasteiger partial charge in [-0.25, -0.2) is 0 Å². The van der Waals surface area contributed by atoms with E-state index in [0.29, 0.717) is 0 Å². The highest BCUT2D eigenvalue weighted by Crippen LogP contribution is 2.28. The third-order valence-electron chi connectivity index (χ3n) is 3.15. The Morgan fingerprint density at radius 3 is 3.06 bits per heavy atom. The van der Waals surface area contributed by atoms with E-state index < -0.39 is 4.92 Å². The van der Waals surface area contributed by atoms with Crippen molar-refractivity contribution < 1.29 is 9.66 Å². The minimum atomic E-state index is -0.407. The Labute approximate surface area is 105 Å². The van der Waals surface area contributed by atoms with Crippen LogP contribution in [0.1, 0.15) is 12.8 Å². The Morgan fingerprint density at radius 2 is 2.39 bits per heavy atom. The van der Waals surface area contributed by atoms with E-state index in [0.717, 1.165) is 25.1 Å². The molecule has 1 aromatic rings. The van der Waals surface area contributed by atoms with Gasteiger partial charge in [-0.15, -0.1) is 0 Å². The lowest BCUT2D eigenvalue weighted by atomic mass is 10.2. The van der Waals surface area contributed by atoms with Crippen LogP contribution in [0.25, 0.3) is 0 Å². The van der Waals surface area contributed by atoms with Crippen molar-refractivity contribution in [3.05, 3.63) is 34.4 Å². The molecule has 1 aliphatic rings. The second-order valence-corrected chi connectivity index (χ2v) is 4.20. The maximum absolute atomic E-state index is 10.8. The van der Waals surface area contributed by atoms with Crippen molar-refractivity contribution in [2.75, 3.05) is 18.6 Å². The van der Waals surface area contributed by atoms with Crippen LogP contribution in [0, 0.1) is 15.5 Å². The van der Waals surface area contributed by atoms with Crippen molar-refractivity contribution in [2.45, 2.75) is 18.9 Å². The van der Waals surface area contributed by atoms with E-state index in [9.17, 15) is 10.1 Å². The van der Waals surface area contributed by atoms with E-state index in [-0.39, 0.29) is 17.6 Å². The van der Waals surface area contributed by atoms with E-state index in [1.807, 2.05) is 11.0 Å². The standard InChI is InChI=1S/C12H15N3O3/c1-18-12(13)11-6-3-7-14(11)9-4-2-5-10(8-9)15(16)17/h2,4-5,8,11,13H,3,6-7H2,1H3. The first-order valence-corrected chi connectivity index (χ1v) is 5.77. The Balaban J connectivity index is 2.27. The number of ether oxygens (including phenoxy) is 1. The Hall–Kier alpha value is -2.11. The number of anilines is 1. The molecule has 0 bridgehead atoms. The lowest BCUT2D eigenvalue weighted by molar-refractivity contribution is -0.384. The number of nitro groups is 1. The summed E-state index contributed by atoms with van der Waals surface area (Å²) in [5.41, 5.74) is 0.843. The van der Waals surface area contributed by atoms with Gasteiger partial charge >= 0.3 is 0 Å². The Kier molecular flexibility index (Phi) is 3.45. The van der Waals surface area contributed by atoms with Crippen molar-refractivity contribution in [1.82, 2.24) is 0 Å². The number of hydrogen-bond acceptors (Lipinski definition) is 5. The monoisotopic (exact) mass is 249 g/mol. The highest BCUT2D eigenvalue weighted by molar-refractivity contribution is 5.83. The van der Waals surface area contributed by atoms with Crippen LogP contribution in [-0.4, -0.2) is 30.5 Å². The average Bonchev–Trinajstić information content (AvgIpc) is 2.87. The van der Waals surface area contributed by atoms with Gasteiger partial charge in [0, 0.05) is 24.4 Å². The summed E-state index contributed by atoms with van der Waals surface area (Å²) in [6.45, 7) is 0.789. The molecule has 0 aromatic heterocycles. The Bertz CT molecular complexity index is 475. The molecule has 0 spiro atoms. The van der Waals surface area contributed by atoms with E-state index in [2.05, 4.69) is 0 Å². The lowest BCUT2D eigenvalue weighted by Gasteiger charge is -2.26. The topological polar surface area (TPSA) is 79.5 Å². The van der Waals surface area contributed by atoms with Crippen molar-refractivity contribution in [3.63, 3.8) is 0 Å². The summed E-state index contributed by atoms with van der Waals surface area (Å²) in [6, 6.07) is 6.39. The van der Waals surface area contributed by atoms with Crippen molar-refractivity contribution in [2.24, 2.45) is 0 Å². The maximum Gasteiger partial charge on any atom is 0.271 e. The van der Waals surface area contributed by atoms with E-state index in [1.165, 1.54) is 13.2 Å². The summed E-state index contributed by atoms with van der Waals surface area (Å²) in [5.74, 6) is 0.207. The maximum atomic E-state index is 10.8. The van der Waals surface area contributed by atoms with Gasteiger partial charge in [-0.1, -0.05) is 6.07 Å². The summed E-state index contributed by atoms with van der Waals surface area (Å²) in [4.78, 5) is 12.3. The van der Waals surface area contributed by atoms with Gasteiger partial charge < -0.3 is 9.64 Å². The summed E-state index contributed by atoms with van der Waals surface area (Å²) >= 11 is 0. The van der Waals surface area contributed by atoms with Crippen LogP contribution < -0.4 is 4.90 Å². The summed E-state index contributed by atoms with van der Waals surface area (Å²) in [6.07, 6.45) is 1.80. The molecule has 1 aliphatic heterocycles. The Morgan fingerprint density at radius 1 is 1.61 bits per heavy atom. The molecule has 0 radical (unpaired) electrons. The quantitative estimate of drug-likeness (QED) is 0.385. The lowest BCUT2D eigenvalue weighted by Crippen LogP contribution is -2.36. The number of methoxy groups -OCH3 is 1. The van der Waals surface area contributed by atoms with Gasteiger partial charge in [0.2, 0.25) is 5.90 Å². The fourth-order valence-corrected chi connectivity index (χ4v) is 2.27. The van der Waals surface area contributed by atoms with Crippen molar-refractivity contribution in [3.8, 4) is 0 Å². The second kappa shape index (κ2) is 5.03. The largest absolute Gasteiger partial charge is 0.483 e. The minimum absolute atomic E-state index is 0.0714. The molecule has 0 amide bonds. The molecule has 0 aliphatic carbocycles. The first-order valence-electron chi connectivity index (χ1n) is 5.77. The van der Waals surface area contributed by atoms with Gasteiger partial charge in [0.15, 0.2) is 0 Å². The number of nitrogens with zero attached hydrogens (tertiary/aromatic N) is 2. The minimum Gasteiger partial charge on any atom is -0.483 e. The second-order valence-electron chi connectivity index (χ2n) is 4.20. The average molecular weight is 249 g/mol. The van der Waals surface area contributed by atoms with E-state index >= 15 is 0 Å². The summed E-state index contributed by atoms with van der Waals surface area (Å²) in [7, 11) is 1.48. The molecule has 6 nitrogen and oxygen atoms in total. The van der Waals surface area contributed by atoms with Crippen molar-refractivity contribution >= 4 is 17.3 Å². The molecule has 6 heteroatoms. The van der Waals surface area contributed by atoms with Crippen LogP contribution in [0.4, 0.5) is 11.4 Å². The zero-order valence-electron chi connectivity index (χ0n) is 10.1. The molecule has 1 aromatic carbocycles. The number of nitro benzene ring substituents is 1. The molecule has 1 N–H and O–H groups in total. The predicted octanol–water partition coefficient (Wildman–Crippen LogP) is 2.19.